The van der Waals surface area contributed by atoms with Crippen molar-refractivity contribution in [3.8, 4) is 0 Å². The lowest BCUT2D eigenvalue weighted by molar-refractivity contribution is 0.551. The van der Waals surface area contributed by atoms with Gasteiger partial charge in [-0.05, 0) is 43.7 Å². The van der Waals surface area contributed by atoms with E-state index < -0.39 is 5.76 Å². The van der Waals surface area contributed by atoms with E-state index >= 15 is 0 Å². The van der Waals surface area contributed by atoms with E-state index in [1.807, 2.05) is 25.2 Å². The monoisotopic (exact) mass is 282 g/mol. The highest BCUT2D eigenvalue weighted by molar-refractivity contribution is 5.72. The van der Waals surface area contributed by atoms with Crippen LogP contribution in [0.5, 0.6) is 0 Å². The highest BCUT2D eigenvalue weighted by atomic mass is 16.4. The van der Waals surface area contributed by atoms with Gasteiger partial charge in [-0.15, -0.1) is 0 Å². The Hall–Kier alpha value is -2.33. The van der Waals surface area contributed by atoms with Crippen LogP contribution in [0, 0.1) is 6.92 Å². The molecule has 0 bridgehead atoms. The lowest BCUT2D eigenvalue weighted by atomic mass is 9.98. The Morgan fingerprint density at radius 2 is 2.10 bits per heavy atom. The van der Waals surface area contributed by atoms with Gasteiger partial charge in [0.05, 0.1) is 5.52 Å². The molecule has 1 heterocycles. The van der Waals surface area contributed by atoms with E-state index in [0.717, 1.165) is 17.5 Å². The molecule has 0 saturated heterocycles. The third-order valence-corrected chi connectivity index (χ3v) is 3.72. The highest BCUT2D eigenvalue weighted by Crippen LogP contribution is 2.22. The molecule has 2 aromatic carbocycles. The Labute approximate surface area is 122 Å². The number of fused-ring (bicyclic) bond motifs is 1. The fraction of sp³-hybridized carbons (Fsp3) is 0.235. The maximum absolute atomic E-state index is 11.2. The van der Waals surface area contributed by atoms with E-state index in [-0.39, 0.29) is 6.04 Å². The number of hydrogen-bond donors (Lipinski definition) is 2. The molecule has 21 heavy (non-hydrogen) atoms. The van der Waals surface area contributed by atoms with Crippen molar-refractivity contribution in [1.29, 1.82) is 0 Å². The zero-order valence-corrected chi connectivity index (χ0v) is 12.1. The number of aryl methyl sites for hydroxylation is 1. The summed E-state index contributed by atoms with van der Waals surface area (Å²) in [7, 11) is 1.94. The minimum atomic E-state index is -0.415. The van der Waals surface area contributed by atoms with Crippen molar-refractivity contribution in [2.24, 2.45) is 0 Å². The predicted octanol–water partition coefficient (Wildman–Crippen LogP) is 2.93. The summed E-state index contributed by atoms with van der Waals surface area (Å²) in [6.45, 7) is 2.10. The average molecular weight is 282 g/mol. The van der Waals surface area contributed by atoms with Crippen molar-refractivity contribution in [2.75, 3.05) is 7.05 Å². The summed E-state index contributed by atoms with van der Waals surface area (Å²) in [4.78, 5) is 13.9. The molecule has 0 amide bonds. The van der Waals surface area contributed by atoms with E-state index in [0.29, 0.717) is 5.58 Å². The molecule has 4 nitrogen and oxygen atoms in total. The van der Waals surface area contributed by atoms with E-state index in [9.17, 15) is 4.79 Å². The molecule has 0 saturated carbocycles. The summed E-state index contributed by atoms with van der Waals surface area (Å²) >= 11 is 0. The normalized spacial score (nSPS) is 12.7. The fourth-order valence-electron chi connectivity index (χ4n) is 2.64. The molecule has 1 aromatic heterocycles. The van der Waals surface area contributed by atoms with E-state index in [1.165, 1.54) is 11.1 Å². The van der Waals surface area contributed by atoms with Gasteiger partial charge in [0.25, 0.3) is 0 Å². The molecule has 1 atom stereocenters. The summed E-state index contributed by atoms with van der Waals surface area (Å²) in [5, 5.41) is 3.33. The van der Waals surface area contributed by atoms with Crippen LogP contribution in [0.4, 0.5) is 0 Å². The summed E-state index contributed by atoms with van der Waals surface area (Å²) in [6.07, 6.45) is 0.887. The number of benzene rings is 2. The number of aromatic nitrogens is 1. The minimum Gasteiger partial charge on any atom is -0.408 e. The number of H-pyrrole nitrogens is 1. The van der Waals surface area contributed by atoms with Crippen LogP contribution in [0.15, 0.2) is 51.7 Å². The van der Waals surface area contributed by atoms with Crippen LogP contribution >= 0.6 is 0 Å². The van der Waals surface area contributed by atoms with Crippen molar-refractivity contribution in [3.63, 3.8) is 0 Å². The summed E-state index contributed by atoms with van der Waals surface area (Å²) in [5.41, 5.74) is 4.98. The van der Waals surface area contributed by atoms with Crippen molar-refractivity contribution in [2.45, 2.75) is 19.4 Å². The molecule has 0 spiro atoms. The van der Waals surface area contributed by atoms with Crippen LogP contribution in [0.3, 0.4) is 0 Å². The van der Waals surface area contributed by atoms with Gasteiger partial charge in [-0.25, -0.2) is 4.79 Å². The largest absolute Gasteiger partial charge is 0.417 e. The lowest BCUT2D eigenvalue weighted by Gasteiger charge is -2.17. The van der Waals surface area contributed by atoms with Gasteiger partial charge >= 0.3 is 5.76 Å². The van der Waals surface area contributed by atoms with E-state index in [2.05, 4.69) is 41.5 Å². The fourth-order valence-corrected chi connectivity index (χ4v) is 2.64. The number of hydrogen-bond acceptors (Lipinski definition) is 3. The summed E-state index contributed by atoms with van der Waals surface area (Å²) in [6, 6.07) is 14.5. The Kier molecular flexibility index (Phi) is 3.62. The molecule has 0 aliphatic heterocycles. The number of nitrogens with one attached hydrogen (secondary N) is 2. The lowest BCUT2D eigenvalue weighted by Crippen LogP contribution is -2.18. The molecule has 3 rings (SSSR count). The van der Waals surface area contributed by atoms with Gasteiger partial charge in [0.2, 0.25) is 0 Å². The van der Waals surface area contributed by atoms with Crippen molar-refractivity contribution >= 4 is 11.1 Å². The minimum absolute atomic E-state index is 0.177. The van der Waals surface area contributed by atoms with Gasteiger partial charge in [-0.2, -0.15) is 0 Å². The third kappa shape index (κ3) is 2.90. The van der Waals surface area contributed by atoms with Crippen LogP contribution in [0.2, 0.25) is 0 Å². The second-order valence-corrected chi connectivity index (χ2v) is 5.30. The van der Waals surface area contributed by atoms with Crippen molar-refractivity contribution in [1.82, 2.24) is 10.3 Å². The SMILES string of the molecule is CNC(Cc1cccc(C)c1)c1ccc2[nH]c(=O)oc2c1. The van der Waals surface area contributed by atoms with Gasteiger partial charge in [0.1, 0.15) is 0 Å². The van der Waals surface area contributed by atoms with Crippen molar-refractivity contribution in [3.05, 3.63) is 69.7 Å². The Balaban J connectivity index is 1.92. The highest BCUT2D eigenvalue weighted by Gasteiger charge is 2.12. The quantitative estimate of drug-likeness (QED) is 0.773. The topological polar surface area (TPSA) is 58.0 Å². The molecule has 0 radical (unpaired) electrons. The molecule has 3 aromatic rings. The second kappa shape index (κ2) is 5.58. The van der Waals surface area contributed by atoms with Gasteiger partial charge in [-0.3, -0.25) is 4.98 Å². The number of oxazole rings is 1. The second-order valence-electron chi connectivity index (χ2n) is 5.30. The average Bonchev–Trinajstić information content (AvgIpc) is 2.84. The molecule has 1 unspecified atom stereocenters. The van der Waals surface area contributed by atoms with Gasteiger partial charge in [-0.1, -0.05) is 35.9 Å². The molecular formula is C17H18N2O2. The van der Waals surface area contributed by atoms with Crippen LogP contribution in [0.25, 0.3) is 11.1 Å². The van der Waals surface area contributed by atoms with Crippen LogP contribution in [-0.4, -0.2) is 12.0 Å². The Morgan fingerprint density at radius 3 is 2.86 bits per heavy atom. The van der Waals surface area contributed by atoms with Gasteiger partial charge < -0.3 is 9.73 Å². The van der Waals surface area contributed by atoms with Crippen molar-refractivity contribution < 1.29 is 4.42 Å². The van der Waals surface area contributed by atoms with Crippen LogP contribution < -0.4 is 11.1 Å². The number of rotatable bonds is 4. The number of likely N-dealkylation sites (N-methyl/N-ethyl adjacent to an activating group) is 1. The molecule has 4 heteroatoms. The summed E-state index contributed by atoms with van der Waals surface area (Å²) < 4.78 is 5.13. The maximum atomic E-state index is 11.2. The Bertz CT molecular complexity index is 817. The van der Waals surface area contributed by atoms with Gasteiger partial charge in [0, 0.05) is 6.04 Å². The Morgan fingerprint density at radius 1 is 1.24 bits per heavy atom. The van der Waals surface area contributed by atoms with Gasteiger partial charge in [0.15, 0.2) is 5.58 Å². The first-order chi connectivity index (χ1) is 10.2. The van der Waals surface area contributed by atoms with Crippen LogP contribution in [-0.2, 0) is 6.42 Å². The maximum Gasteiger partial charge on any atom is 0.417 e. The predicted molar refractivity (Wildman–Crippen MR) is 83.5 cm³/mol. The molecule has 108 valence electrons. The molecule has 2 N–H and O–H groups in total. The smallest absolute Gasteiger partial charge is 0.408 e. The van der Waals surface area contributed by atoms with E-state index in [1.54, 1.807) is 0 Å². The molecular weight excluding hydrogens is 264 g/mol. The molecule has 0 aliphatic carbocycles. The first kappa shape index (κ1) is 13.6. The first-order valence-electron chi connectivity index (χ1n) is 7.01. The first-order valence-corrected chi connectivity index (χ1v) is 7.01. The molecule has 0 aliphatic rings. The summed E-state index contributed by atoms with van der Waals surface area (Å²) in [5.74, 6) is -0.415. The zero-order valence-electron chi connectivity index (χ0n) is 12.1. The molecule has 0 fully saturated rings. The van der Waals surface area contributed by atoms with E-state index in [4.69, 9.17) is 4.42 Å². The zero-order chi connectivity index (χ0) is 14.8. The third-order valence-electron chi connectivity index (χ3n) is 3.72. The van der Waals surface area contributed by atoms with Crippen LogP contribution in [0.1, 0.15) is 22.7 Å². The number of aromatic amines is 1. The standard InChI is InChI=1S/C17H18N2O2/c1-11-4-3-5-12(8-11)9-15(18-2)13-6-7-14-16(10-13)21-17(20)19-14/h3-8,10,15,18H,9H2,1-2H3,(H,19,20).